The van der Waals surface area contributed by atoms with Gasteiger partial charge in [0, 0.05) is 23.9 Å². The molecule has 2 atom stereocenters. The Bertz CT molecular complexity index is 1290. The van der Waals surface area contributed by atoms with Crippen LogP contribution in [0.15, 0.2) is 101 Å². The molecule has 3 nitrogen and oxygen atoms in total. The largest absolute Gasteiger partial charge is 0.467 e. The highest BCUT2D eigenvalue weighted by Crippen LogP contribution is 2.59. The van der Waals surface area contributed by atoms with Crippen molar-refractivity contribution in [2.24, 2.45) is 5.41 Å². The van der Waals surface area contributed by atoms with E-state index in [1.54, 1.807) is 42.5 Å². The first kappa shape index (κ1) is 28.8. The average molecular weight is 522 g/mol. The minimum Gasteiger partial charge on any atom is -0.467 e. The van der Waals surface area contributed by atoms with Crippen LogP contribution in [0.2, 0.25) is 0 Å². The molecule has 0 saturated carbocycles. The zero-order valence-electron chi connectivity index (χ0n) is 22.5. The number of benzene rings is 1. The van der Waals surface area contributed by atoms with Gasteiger partial charge in [-0.2, -0.15) is 13.2 Å². The summed E-state index contributed by atoms with van der Waals surface area (Å²) >= 11 is 0. The van der Waals surface area contributed by atoms with Crippen LogP contribution < -0.4 is 0 Å². The van der Waals surface area contributed by atoms with Gasteiger partial charge < -0.3 is 9.64 Å². The van der Waals surface area contributed by atoms with Crippen molar-refractivity contribution in [2.45, 2.75) is 58.9 Å². The summed E-state index contributed by atoms with van der Waals surface area (Å²) in [4.78, 5) is 14.9. The maximum Gasteiger partial charge on any atom is 0.396 e. The van der Waals surface area contributed by atoms with Crippen LogP contribution in [-0.4, -0.2) is 29.6 Å². The molecule has 6 heteroatoms. The predicted octanol–water partition coefficient (Wildman–Crippen LogP) is 8.08. The van der Waals surface area contributed by atoms with Crippen LogP contribution in [0.1, 0.15) is 57.3 Å². The van der Waals surface area contributed by atoms with Crippen molar-refractivity contribution in [3.8, 4) is 12.3 Å². The second-order valence-electron chi connectivity index (χ2n) is 9.28. The van der Waals surface area contributed by atoms with Crippen LogP contribution in [-0.2, 0) is 4.74 Å². The van der Waals surface area contributed by atoms with Gasteiger partial charge in [0.1, 0.15) is 12.2 Å². The zero-order chi connectivity index (χ0) is 28.1. The number of hydrogen-bond donors (Lipinski definition) is 0. The normalized spacial score (nSPS) is 24.5. The van der Waals surface area contributed by atoms with E-state index in [4.69, 9.17) is 11.2 Å². The Morgan fingerprint density at radius 2 is 1.92 bits per heavy atom. The standard InChI is InChI=1S/C30H28F3NO2.C2H6/c1-5-21(27(35)22-13-9-7-10-14-22)19-23-17-18-29(36-26(23)20-30(31,32)33)28(3,6-2)24-15-11-8-12-16-25(24)34(29)4;1-2/h1,7-11,13-19H,6,12,20H2,2-4H3;1-2H3/b21-19+;. The van der Waals surface area contributed by atoms with Crippen molar-refractivity contribution < 1.29 is 22.7 Å². The molecule has 1 saturated heterocycles. The molecule has 3 aliphatic rings. The highest BCUT2D eigenvalue weighted by molar-refractivity contribution is 6.11. The van der Waals surface area contributed by atoms with Crippen molar-refractivity contribution >= 4 is 5.78 Å². The summed E-state index contributed by atoms with van der Waals surface area (Å²) in [5.74, 6) is 1.64. The lowest BCUT2D eigenvalue weighted by atomic mass is 9.72. The number of Topliss-reactive ketones (excluding diaryl/α,β-unsaturated/α-hetero) is 1. The van der Waals surface area contributed by atoms with E-state index in [9.17, 15) is 18.0 Å². The molecule has 1 spiro atoms. The number of hydrogen-bond acceptors (Lipinski definition) is 3. The zero-order valence-corrected chi connectivity index (χ0v) is 22.5. The quantitative estimate of drug-likeness (QED) is 0.223. The summed E-state index contributed by atoms with van der Waals surface area (Å²) in [6.07, 6.45) is 14.0. The molecule has 2 aliphatic heterocycles. The predicted molar refractivity (Wildman–Crippen MR) is 146 cm³/mol. The minimum absolute atomic E-state index is 0.0428. The molecule has 38 heavy (non-hydrogen) atoms. The number of carbonyl (C=O) groups excluding carboxylic acids is 1. The molecule has 0 aromatic heterocycles. The fourth-order valence-corrected chi connectivity index (χ4v) is 5.16. The third-order valence-electron chi connectivity index (χ3n) is 7.26. The van der Waals surface area contributed by atoms with Gasteiger partial charge in [0.15, 0.2) is 0 Å². The topological polar surface area (TPSA) is 29.5 Å². The Balaban J connectivity index is 0.00000195. The van der Waals surface area contributed by atoms with Gasteiger partial charge in [0.2, 0.25) is 11.5 Å². The van der Waals surface area contributed by atoms with E-state index in [1.165, 1.54) is 6.08 Å². The van der Waals surface area contributed by atoms with Crippen LogP contribution >= 0.6 is 0 Å². The highest BCUT2D eigenvalue weighted by Gasteiger charge is 2.61. The maximum absolute atomic E-state index is 13.7. The fraction of sp³-hybridized carbons (Fsp3) is 0.344. The molecule has 0 radical (unpaired) electrons. The summed E-state index contributed by atoms with van der Waals surface area (Å²) < 4.78 is 47.6. The van der Waals surface area contributed by atoms with Crippen LogP contribution in [0, 0.1) is 17.8 Å². The first-order valence-corrected chi connectivity index (χ1v) is 12.8. The van der Waals surface area contributed by atoms with Crippen LogP contribution in [0.25, 0.3) is 0 Å². The number of alkyl halides is 3. The summed E-state index contributed by atoms with van der Waals surface area (Å²) in [5.41, 5.74) is 0.610. The lowest BCUT2D eigenvalue weighted by Gasteiger charge is -2.47. The van der Waals surface area contributed by atoms with Crippen molar-refractivity contribution in [2.75, 3.05) is 7.05 Å². The van der Waals surface area contributed by atoms with Gasteiger partial charge in [-0.25, -0.2) is 0 Å². The molecule has 0 bridgehead atoms. The lowest BCUT2D eigenvalue weighted by Crippen LogP contribution is -2.53. The third kappa shape index (κ3) is 5.15. The summed E-state index contributed by atoms with van der Waals surface area (Å²) in [6, 6.07) is 8.39. The molecular formula is C32H34F3NO2. The van der Waals surface area contributed by atoms with E-state index < -0.39 is 29.5 Å². The smallest absolute Gasteiger partial charge is 0.396 e. The number of ether oxygens (including phenoxy) is 1. The number of ketones is 1. The second-order valence-corrected chi connectivity index (χ2v) is 9.28. The van der Waals surface area contributed by atoms with Gasteiger partial charge in [-0.15, -0.1) is 6.42 Å². The van der Waals surface area contributed by atoms with Gasteiger partial charge in [-0.05, 0) is 43.6 Å². The number of allylic oxidation sites excluding steroid dienone is 10. The van der Waals surface area contributed by atoms with E-state index in [-0.39, 0.29) is 16.9 Å². The summed E-state index contributed by atoms with van der Waals surface area (Å²) in [7, 11) is 1.84. The van der Waals surface area contributed by atoms with Crippen molar-refractivity contribution in [3.63, 3.8) is 0 Å². The summed E-state index contributed by atoms with van der Waals surface area (Å²) in [5, 5.41) is 0. The first-order chi connectivity index (χ1) is 18.1. The SMILES string of the molecule is C#C/C(=C\C1=C(CC(F)(F)F)OC2(C=C1)N(C)C1=CCC=CC=C1C2(C)CC)C(=O)c1ccccc1.CC. The van der Waals surface area contributed by atoms with Crippen molar-refractivity contribution in [1.29, 1.82) is 0 Å². The van der Waals surface area contributed by atoms with Gasteiger partial charge in [0.25, 0.3) is 0 Å². The molecule has 2 heterocycles. The van der Waals surface area contributed by atoms with Crippen molar-refractivity contribution in [3.05, 3.63) is 107 Å². The molecule has 0 amide bonds. The molecule has 1 aliphatic carbocycles. The van der Waals surface area contributed by atoms with E-state index >= 15 is 0 Å². The van der Waals surface area contributed by atoms with Crippen molar-refractivity contribution in [1.82, 2.24) is 4.90 Å². The van der Waals surface area contributed by atoms with Gasteiger partial charge in [-0.3, -0.25) is 4.79 Å². The lowest BCUT2D eigenvalue weighted by molar-refractivity contribution is -0.159. The Morgan fingerprint density at radius 1 is 1.24 bits per heavy atom. The van der Waals surface area contributed by atoms with E-state index in [0.717, 1.165) is 11.3 Å². The maximum atomic E-state index is 13.7. The Morgan fingerprint density at radius 3 is 2.53 bits per heavy atom. The van der Waals surface area contributed by atoms with E-state index in [1.807, 2.05) is 57.9 Å². The number of halogens is 3. The van der Waals surface area contributed by atoms with E-state index in [2.05, 4.69) is 12.0 Å². The molecule has 1 aromatic rings. The highest BCUT2D eigenvalue weighted by atomic mass is 19.4. The number of likely N-dealkylation sites (tertiary alicyclic amines) is 1. The molecule has 200 valence electrons. The molecule has 4 rings (SSSR count). The monoisotopic (exact) mass is 521 g/mol. The Kier molecular flexibility index (Phi) is 8.61. The van der Waals surface area contributed by atoms with Gasteiger partial charge in [-0.1, -0.05) is 81.3 Å². The number of likely N-dealkylation sites (N-methyl/N-ethyl adjacent to an activating group) is 1. The van der Waals surface area contributed by atoms with Gasteiger partial charge >= 0.3 is 6.18 Å². The van der Waals surface area contributed by atoms with Crippen LogP contribution in [0.5, 0.6) is 0 Å². The number of terminal acetylenes is 1. The summed E-state index contributed by atoms with van der Waals surface area (Å²) in [6.45, 7) is 8.01. The number of rotatable bonds is 5. The van der Waals surface area contributed by atoms with E-state index in [0.29, 0.717) is 18.4 Å². The molecule has 1 aromatic carbocycles. The Labute approximate surface area is 223 Å². The molecule has 1 fully saturated rings. The van der Waals surface area contributed by atoms with Gasteiger partial charge in [0.05, 0.1) is 11.0 Å². The van der Waals surface area contributed by atoms with Crippen LogP contribution in [0.3, 0.4) is 0 Å². The van der Waals surface area contributed by atoms with Crippen LogP contribution in [0.4, 0.5) is 13.2 Å². The minimum atomic E-state index is -4.52. The number of fused-ring (bicyclic) bond motifs is 1. The average Bonchev–Trinajstić information content (AvgIpc) is 3.09. The number of carbonyl (C=O) groups is 1. The second kappa shape index (κ2) is 11.3. The first-order valence-electron chi connectivity index (χ1n) is 12.8. The molecular weight excluding hydrogens is 487 g/mol. The molecule has 2 unspecified atom stereocenters. The fourth-order valence-electron chi connectivity index (χ4n) is 5.16. The third-order valence-corrected chi connectivity index (χ3v) is 7.26. The molecule has 0 N–H and O–H groups in total. The Hall–Kier alpha value is -3.72. The number of nitrogens with zero attached hydrogens (tertiary/aromatic N) is 1.